The van der Waals surface area contributed by atoms with Crippen molar-refractivity contribution in [3.63, 3.8) is 0 Å². The predicted molar refractivity (Wildman–Crippen MR) is 88.1 cm³/mol. The lowest BCUT2D eigenvalue weighted by atomic mass is 10.2. The van der Waals surface area contributed by atoms with Crippen LogP contribution in [-0.4, -0.2) is 17.4 Å². The van der Waals surface area contributed by atoms with Gasteiger partial charge in [0.25, 0.3) is 11.6 Å². The van der Waals surface area contributed by atoms with Gasteiger partial charge in [-0.3, -0.25) is 14.9 Å². The van der Waals surface area contributed by atoms with Crippen molar-refractivity contribution in [1.29, 1.82) is 0 Å². The van der Waals surface area contributed by atoms with Crippen LogP contribution in [0.1, 0.15) is 11.1 Å². The van der Waals surface area contributed by atoms with Crippen LogP contribution in [0.2, 0.25) is 5.02 Å². The van der Waals surface area contributed by atoms with Crippen molar-refractivity contribution in [3.05, 3.63) is 62.7 Å². The van der Waals surface area contributed by atoms with Crippen molar-refractivity contribution < 1.29 is 14.5 Å². The Bertz CT molecular complexity index is 762. The third kappa shape index (κ3) is 4.43. The number of hydrogen-bond acceptors (Lipinski definition) is 4. The lowest BCUT2D eigenvalue weighted by Crippen LogP contribution is -2.20. The highest BCUT2D eigenvalue weighted by Crippen LogP contribution is 2.23. The van der Waals surface area contributed by atoms with Crippen molar-refractivity contribution in [2.75, 3.05) is 11.9 Å². The fourth-order valence-corrected chi connectivity index (χ4v) is 2.23. The van der Waals surface area contributed by atoms with Crippen molar-refractivity contribution >= 4 is 28.9 Å². The van der Waals surface area contributed by atoms with Crippen molar-refractivity contribution in [1.82, 2.24) is 0 Å². The maximum atomic E-state index is 11.9. The summed E-state index contributed by atoms with van der Waals surface area (Å²) in [6, 6.07) is 9.37. The molecule has 0 saturated carbocycles. The smallest absolute Gasteiger partial charge is 0.269 e. The van der Waals surface area contributed by atoms with Gasteiger partial charge in [0.15, 0.2) is 6.61 Å². The molecule has 1 N–H and O–H groups in total. The zero-order valence-electron chi connectivity index (χ0n) is 12.6. The van der Waals surface area contributed by atoms with Crippen LogP contribution >= 0.6 is 11.6 Å². The predicted octanol–water partition coefficient (Wildman–Crippen LogP) is 3.88. The van der Waals surface area contributed by atoms with E-state index >= 15 is 0 Å². The minimum Gasteiger partial charge on any atom is -0.483 e. The highest BCUT2D eigenvalue weighted by molar-refractivity contribution is 6.30. The summed E-state index contributed by atoms with van der Waals surface area (Å²) in [7, 11) is 0. The van der Waals surface area contributed by atoms with Crippen molar-refractivity contribution in [3.8, 4) is 5.75 Å². The molecular formula is C16H15ClN2O4. The molecule has 0 aliphatic heterocycles. The summed E-state index contributed by atoms with van der Waals surface area (Å²) >= 11 is 5.86. The molecule has 2 aromatic rings. The highest BCUT2D eigenvalue weighted by Gasteiger charge is 2.11. The van der Waals surface area contributed by atoms with Crippen LogP contribution in [0, 0.1) is 24.0 Å². The number of non-ortho nitro benzene ring substituents is 1. The molecule has 0 bridgehead atoms. The van der Waals surface area contributed by atoms with E-state index in [1.54, 1.807) is 25.1 Å². The summed E-state index contributed by atoms with van der Waals surface area (Å²) in [6.07, 6.45) is 0. The van der Waals surface area contributed by atoms with Crippen molar-refractivity contribution in [2.45, 2.75) is 13.8 Å². The van der Waals surface area contributed by atoms with Gasteiger partial charge in [-0.15, -0.1) is 0 Å². The zero-order chi connectivity index (χ0) is 17.0. The van der Waals surface area contributed by atoms with Gasteiger partial charge >= 0.3 is 0 Å². The van der Waals surface area contributed by atoms with E-state index in [0.717, 1.165) is 5.56 Å². The SMILES string of the molecule is Cc1cc([N+](=O)[O-])ccc1NC(=O)COc1ccc(Cl)cc1C. The Hall–Kier alpha value is -2.60. The molecule has 0 fully saturated rings. The van der Waals surface area contributed by atoms with Gasteiger partial charge in [-0.05, 0) is 49.2 Å². The van der Waals surface area contributed by atoms with E-state index in [1.807, 2.05) is 6.92 Å². The Morgan fingerprint density at radius 3 is 2.57 bits per heavy atom. The molecule has 7 heteroatoms. The Kier molecular flexibility index (Phi) is 5.18. The van der Waals surface area contributed by atoms with Gasteiger partial charge in [-0.25, -0.2) is 0 Å². The van der Waals surface area contributed by atoms with Crippen molar-refractivity contribution in [2.24, 2.45) is 0 Å². The number of nitrogens with one attached hydrogen (secondary N) is 1. The second kappa shape index (κ2) is 7.11. The summed E-state index contributed by atoms with van der Waals surface area (Å²) in [6.45, 7) is 3.35. The first-order valence-corrected chi connectivity index (χ1v) is 7.18. The van der Waals surface area contributed by atoms with Crippen LogP contribution in [0.3, 0.4) is 0 Å². The molecule has 0 saturated heterocycles. The van der Waals surface area contributed by atoms with Gasteiger partial charge in [-0.1, -0.05) is 11.6 Å². The largest absolute Gasteiger partial charge is 0.483 e. The molecule has 0 spiro atoms. The molecule has 0 aliphatic carbocycles. The van der Waals surface area contributed by atoms with Gasteiger partial charge < -0.3 is 10.1 Å². The number of hydrogen-bond donors (Lipinski definition) is 1. The summed E-state index contributed by atoms with van der Waals surface area (Å²) in [5.41, 5.74) is 1.93. The van der Waals surface area contributed by atoms with E-state index < -0.39 is 4.92 Å². The van der Waals surface area contributed by atoms with Crippen LogP contribution in [-0.2, 0) is 4.79 Å². The standard InChI is InChI=1S/C16H15ClN2O4/c1-10-8-13(19(21)22)4-5-14(10)18-16(20)9-23-15-6-3-12(17)7-11(15)2/h3-8H,9H2,1-2H3,(H,18,20). The number of aryl methyl sites for hydroxylation is 2. The first-order valence-electron chi connectivity index (χ1n) is 6.80. The van der Waals surface area contributed by atoms with Gasteiger partial charge in [-0.2, -0.15) is 0 Å². The number of nitro groups is 1. The number of nitrogens with zero attached hydrogens (tertiary/aromatic N) is 1. The second-order valence-electron chi connectivity index (χ2n) is 5.00. The fourth-order valence-electron chi connectivity index (χ4n) is 2.01. The van der Waals surface area contributed by atoms with Gasteiger partial charge in [0.05, 0.1) is 4.92 Å². The van der Waals surface area contributed by atoms with Gasteiger partial charge in [0.1, 0.15) is 5.75 Å². The van der Waals surface area contributed by atoms with Gasteiger partial charge in [0.2, 0.25) is 0 Å². The Morgan fingerprint density at radius 1 is 1.22 bits per heavy atom. The molecule has 0 heterocycles. The maximum Gasteiger partial charge on any atom is 0.269 e. The molecule has 0 unspecified atom stereocenters. The first kappa shape index (κ1) is 16.8. The average Bonchev–Trinajstić information content (AvgIpc) is 2.48. The third-order valence-electron chi connectivity index (χ3n) is 3.19. The zero-order valence-corrected chi connectivity index (χ0v) is 13.4. The minimum absolute atomic E-state index is 0.0199. The summed E-state index contributed by atoms with van der Waals surface area (Å²) in [4.78, 5) is 22.1. The Morgan fingerprint density at radius 2 is 1.96 bits per heavy atom. The molecule has 0 aliphatic rings. The normalized spacial score (nSPS) is 10.2. The summed E-state index contributed by atoms with van der Waals surface area (Å²) < 4.78 is 5.45. The number of rotatable bonds is 5. The van der Waals surface area contributed by atoms with E-state index in [9.17, 15) is 14.9 Å². The molecule has 1 amide bonds. The van der Waals surface area contributed by atoms with E-state index in [0.29, 0.717) is 22.0 Å². The maximum absolute atomic E-state index is 11.9. The molecule has 23 heavy (non-hydrogen) atoms. The number of anilines is 1. The van der Waals surface area contributed by atoms with Crippen LogP contribution in [0.15, 0.2) is 36.4 Å². The summed E-state index contributed by atoms with van der Waals surface area (Å²) in [5.74, 6) is 0.223. The second-order valence-corrected chi connectivity index (χ2v) is 5.44. The van der Waals surface area contributed by atoms with Gasteiger partial charge in [0, 0.05) is 22.8 Å². The number of benzene rings is 2. The highest BCUT2D eigenvalue weighted by atomic mass is 35.5. The van der Waals surface area contributed by atoms with E-state index in [-0.39, 0.29) is 18.2 Å². The topological polar surface area (TPSA) is 81.5 Å². The number of nitro benzene ring substituents is 1. The molecule has 6 nitrogen and oxygen atoms in total. The lowest BCUT2D eigenvalue weighted by molar-refractivity contribution is -0.384. The lowest BCUT2D eigenvalue weighted by Gasteiger charge is -2.11. The van der Waals surface area contributed by atoms with E-state index in [1.165, 1.54) is 18.2 Å². The van der Waals surface area contributed by atoms with E-state index in [2.05, 4.69) is 5.32 Å². The number of carbonyl (C=O) groups is 1. The Balaban J connectivity index is 1.98. The van der Waals surface area contributed by atoms with Crippen LogP contribution in [0.4, 0.5) is 11.4 Å². The number of carbonyl (C=O) groups excluding carboxylic acids is 1. The van der Waals surface area contributed by atoms with Crippen LogP contribution in [0.5, 0.6) is 5.75 Å². The van der Waals surface area contributed by atoms with Crippen LogP contribution < -0.4 is 10.1 Å². The number of halogens is 1. The molecule has 0 atom stereocenters. The number of amides is 1. The summed E-state index contributed by atoms with van der Waals surface area (Å²) in [5, 5.41) is 14.0. The fraction of sp³-hybridized carbons (Fsp3) is 0.188. The quantitative estimate of drug-likeness (QED) is 0.664. The minimum atomic E-state index is -0.481. The van der Waals surface area contributed by atoms with Crippen LogP contribution in [0.25, 0.3) is 0 Å². The monoisotopic (exact) mass is 334 g/mol. The van der Waals surface area contributed by atoms with E-state index in [4.69, 9.17) is 16.3 Å². The molecular weight excluding hydrogens is 320 g/mol. The third-order valence-corrected chi connectivity index (χ3v) is 3.43. The first-order chi connectivity index (χ1) is 10.9. The molecule has 120 valence electrons. The Labute approximate surface area is 138 Å². The average molecular weight is 335 g/mol. The molecule has 0 radical (unpaired) electrons. The molecule has 0 aromatic heterocycles. The number of ether oxygens (including phenoxy) is 1. The molecule has 2 rings (SSSR count). The molecule has 2 aromatic carbocycles.